The van der Waals surface area contributed by atoms with Gasteiger partial charge in [-0.3, -0.25) is 4.90 Å². The second-order valence-electron chi connectivity index (χ2n) is 4.92. The largest absolute Gasteiger partial charge is 0.299 e. The lowest BCUT2D eigenvalue weighted by Crippen LogP contribution is -2.30. The summed E-state index contributed by atoms with van der Waals surface area (Å²) < 4.78 is 13.2. The fourth-order valence-corrected chi connectivity index (χ4v) is 2.13. The first kappa shape index (κ1) is 12.1. The Bertz CT molecular complexity index is 446. The average Bonchev–Trinajstić information content (AvgIpc) is 3.14. The Morgan fingerprint density at radius 3 is 2.82 bits per heavy atom. The molecule has 0 heterocycles. The van der Waals surface area contributed by atoms with Crippen molar-refractivity contribution in [3.63, 3.8) is 0 Å². The zero-order valence-corrected chi connectivity index (χ0v) is 10.3. The molecular formula is C14H17FN2. The lowest BCUT2D eigenvalue weighted by Gasteiger charge is -2.24. The van der Waals surface area contributed by atoms with Crippen LogP contribution in [0.3, 0.4) is 0 Å². The van der Waals surface area contributed by atoms with E-state index in [9.17, 15) is 4.39 Å². The second kappa shape index (κ2) is 4.85. The summed E-state index contributed by atoms with van der Waals surface area (Å²) in [5.41, 5.74) is 1.13. The van der Waals surface area contributed by atoms with E-state index in [2.05, 4.69) is 18.9 Å². The van der Waals surface area contributed by atoms with Gasteiger partial charge in [-0.2, -0.15) is 5.26 Å². The molecule has 1 saturated carbocycles. The van der Waals surface area contributed by atoms with Crippen molar-refractivity contribution in [3.8, 4) is 6.07 Å². The van der Waals surface area contributed by atoms with Gasteiger partial charge in [0.15, 0.2) is 0 Å². The number of benzene rings is 1. The molecule has 0 saturated heterocycles. The summed E-state index contributed by atoms with van der Waals surface area (Å²) in [6.07, 6.45) is 2.64. The molecule has 0 aromatic heterocycles. The predicted octanol–water partition coefficient (Wildman–Crippen LogP) is 2.93. The van der Waals surface area contributed by atoms with Crippen LogP contribution in [0.25, 0.3) is 0 Å². The van der Waals surface area contributed by atoms with Crippen LogP contribution in [0.4, 0.5) is 4.39 Å². The molecule has 0 bridgehead atoms. The highest BCUT2D eigenvalue weighted by atomic mass is 19.1. The van der Waals surface area contributed by atoms with Crippen molar-refractivity contribution in [2.75, 3.05) is 7.05 Å². The number of hydrogen-bond acceptors (Lipinski definition) is 2. The molecule has 0 N–H and O–H groups in total. The Morgan fingerprint density at radius 2 is 2.24 bits per heavy atom. The third-order valence-electron chi connectivity index (χ3n) is 3.58. The molecule has 0 spiro atoms. The molecule has 1 fully saturated rings. The Morgan fingerprint density at radius 1 is 1.53 bits per heavy atom. The summed E-state index contributed by atoms with van der Waals surface area (Å²) in [4.78, 5) is 2.27. The molecule has 17 heavy (non-hydrogen) atoms. The summed E-state index contributed by atoms with van der Waals surface area (Å²) in [7, 11) is 2.08. The molecule has 1 aromatic rings. The third-order valence-corrected chi connectivity index (χ3v) is 3.58. The molecule has 3 heteroatoms. The molecule has 0 aliphatic heterocycles. The molecule has 0 amide bonds. The van der Waals surface area contributed by atoms with Gasteiger partial charge in [-0.25, -0.2) is 4.39 Å². The van der Waals surface area contributed by atoms with Gasteiger partial charge in [-0.05, 0) is 50.4 Å². The number of nitriles is 1. The standard InChI is InChI=1S/C14H17FN2/c1-10(12-4-5-12)17(2)9-11-3-6-14(15)13(7-11)8-16/h3,6-7,10,12H,4-5,9H2,1-2H3. The molecule has 2 nitrogen and oxygen atoms in total. The summed E-state index contributed by atoms with van der Waals surface area (Å²) in [6, 6.07) is 7.22. The Labute approximate surface area is 102 Å². The van der Waals surface area contributed by atoms with Gasteiger partial charge >= 0.3 is 0 Å². The molecule has 1 aliphatic carbocycles. The maximum atomic E-state index is 13.2. The first-order valence-electron chi connectivity index (χ1n) is 6.00. The van der Waals surface area contributed by atoms with E-state index in [1.165, 1.54) is 18.9 Å². The third kappa shape index (κ3) is 2.83. The number of nitrogens with zero attached hydrogens (tertiary/aromatic N) is 2. The molecule has 0 radical (unpaired) electrons. The van der Waals surface area contributed by atoms with Crippen molar-refractivity contribution in [1.29, 1.82) is 5.26 Å². The van der Waals surface area contributed by atoms with Crippen LogP contribution in [0.5, 0.6) is 0 Å². The number of halogens is 1. The Kier molecular flexibility index (Phi) is 3.44. The molecule has 1 atom stereocenters. The van der Waals surface area contributed by atoms with Crippen LogP contribution in [0.2, 0.25) is 0 Å². The minimum Gasteiger partial charge on any atom is -0.299 e. The minimum atomic E-state index is -0.436. The lowest BCUT2D eigenvalue weighted by molar-refractivity contribution is 0.226. The van der Waals surface area contributed by atoms with Crippen molar-refractivity contribution >= 4 is 0 Å². The molecule has 90 valence electrons. The summed E-state index contributed by atoms with van der Waals surface area (Å²) in [6.45, 7) is 3.00. The van der Waals surface area contributed by atoms with Gasteiger partial charge in [0.25, 0.3) is 0 Å². The number of rotatable bonds is 4. The smallest absolute Gasteiger partial charge is 0.140 e. The van der Waals surface area contributed by atoms with Gasteiger partial charge < -0.3 is 0 Å². The Balaban J connectivity index is 2.05. The van der Waals surface area contributed by atoms with Crippen LogP contribution in [-0.4, -0.2) is 18.0 Å². The van der Waals surface area contributed by atoms with Crippen LogP contribution in [-0.2, 0) is 6.54 Å². The zero-order chi connectivity index (χ0) is 12.4. The molecular weight excluding hydrogens is 215 g/mol. The molecule has 1 aliphatic rings. The average molecular weight is 232 g/mol. The summed E-state index contributed by atoms with van der Waals surface area (Å²) in [5.74, 6) is 0.380. The van der Waals surface area contributed by atoms with E-state index in [1.54, 1.807) is 12.1 Å². The highest BCUT2D eigenvalue weighted by Crippen LogP contribution is 2.35. The maximum absolute atomic E-state index is 13.2. The summed E-state index contributed by atoms with van der Waals surface area (Å²) in [5, 5.41) is 8.78. The van der Waals surface area contributed by atoms with E-state index in [4.69, 9.17) is 5.26 Å². The van der Waals surface area contributed by atoms with Crippen molar-refractivity contribution in [2.45, 2.75) is 32.4 Å². The first-order chi connectivity index (χ1) is 8.11. The van der Waals surface area contributed by atoms with E-state index >= 15 is 0 Å². The van der Waals surface area contributed by atoms with Crippen molar-refractivity contribution < 1.29 is 4.39 Å². The monoisotopic (exact) mass is 232 g/mol. The fourth-order valence-electron chi connectivity index (χ4n) is 2.13. The van der Waals surface area contributed by atoms with E-state index in [0.29, 0.717) is 6.04 Å². The topological polar surface area (TPSA) is 27.0 Å². The molecule has 2 rings (SSSR count). The van der Waals surface area contributed by atoms with Gasteiger partial charge in [0.05, 0.1) is 5.56 Å². The minimum absolute atomic E-state index is 0.134. The van der Waals surface area contributed by atoms with Crippen molar-refractivity contribution in [1.82, 2.24) is 4.90 Å². The zero-order valence-electron chi connectivity index (χ0n) is 10.3. The highest BCUT2D eigenvalue weighted by Gasteiger charge is 2.30. The summed E-state index contributed by atoms with van der Waals surface area (Å²) >= 11 is 0. The first-order valence-corrected chi connectivity index (χ1v) is 6.00. The normalized spacial score (nSPS) is 16.9. The van der Waals surface area contributed by atoms with Gasteiger partial charge in [0.2, 0.25) is 0 Å². The van der Waals surface area contributed by atoms with Gasteiger partial charge in [0.1, 0.15) is 11.9 Å². The van der Waals surface area contributed by atoms with E-state index in [0.717, 1.165) is 18.0 Å². The number of hydrogen-bond donors (Lipinski definition) is 0. The van der Waals surface area contributed by atoms with Gasteiger partial charge in [-0.15, -0.1) is 0 Å². The van der Waals surface area contributed by atoms with Crippen LogP contribution in [0.1, 0.15) is 30.9 Å². The molecule has 1 unspecified atom stereocenters. The predicted molar refractivity (Wildman–Crippen MR) is 64.8 cm³/mol. The molecule has 1 aromatic carbocycles. The van der Waals surface area contributed by atoms with Gasteiger partial charge in [-0.1, -0.05) is 6.07 Å². The SMILES string of the molecule is CC(C1CC1)N(C)Cc1ccc(F)c(C#N)c1. The van der Waals surface area contributed by atoms with E-state index < -0.39 is 5.82 Å². The Hall–Kier alpha value is -1.40. The lowest BCUT2D eigenvalue weighted by atomic mass is 10.1. The van der Waals surface area contributed by atoms with Crippen LogP contribution >= 0.6 is 0 Å². The quantitative estimate of drug-likeness (QED) is 0.798. The van der Waals surface area contributed by atoms with Crippen molar-refractivity contribution in [2.24, 2.45) is 5.92 Å². The van der Waals surface area contributed by atoms with E-state index in [-0.39, 0.29) is 5.56 Å². The van der Waals surface area contributed by atoms with Crippen LogP contribution in [0.15, 0.2) is 18.2 Å². The van der Waals surface area contributed by atoms with Crippen LogP contribution < -0.4 is 0 Å². The van der Waals surface area contributed by atoms with Crippen molar-refractivity contribution in [3.05, 3.63) is 35.1 Å². The van der Waals surface area contributed by atoms with Crippen LogP contribution in [0, 0.1) is 23.1 Å². The van der Waals surface area contributed by atoms with E-state index in [1.807, 2.05) is 6.07 Å². The van der Waals surface area contributed by atoms with Gasteiger partial charge in [0, 0.05) is 12.6 Å². The fraction of sp³-hybridized carbons (Fsp3) is 0.500. The second-order valence-corrected chi connectivity index (χ2v) is 4.92. The maximum Gasteiger partial charge on any atom is 0.140 e. The highest BCUT2D eigenvalue weighted by molar-refractivity contribution is 5.34.